The van der Waals surface area contributed by atoms with Crippen LogP contribution in [0.15, 0.2) is 4.99 Å². The van der Waals surface area contributed by atoms with Crippen LogP contribution in [-0.4, -0.2) is 68.2 Å². The molecule has 1 fully saturated rings. The number of ether oxygens (including phenoxy) is 1. The summed E-state index contributed by atoms with van der Waals surface area (Å²) in [4.78, 5) is 24.1. The maximum absolute atomic E-state index is 11.8. The third-order valence-corrected chi connectivity index (χ3v) is 6.13. The number of fused-ring (bicyclic) bond motifs is 1. The zero-order chi connectivity index (χ0) is 19.1. The largest absolute Gasteiger partial charge is 0.376 e. The lowest BCUT2D eigenvalue weighted by atomic mass is 10.0. The molecule has 3 rings (SSSR count). The Bertz CT molecular complexity index is 635. The number of nitrogens with zero attached hydrogens (tertiary/aromatic N) is 3. The molecule has 2 N–H and O–H groups in total. The number of aromatic nitrogens is 1. The summed E-state index contributed by atoms with van der Waals surface area (Å²) in [6.07, 6.45) is 8.15. The molecule has 1 unspecified atom stereocenters. The van der Waals surface area contributed by atoms with Crippen LogP contribution < -0.4 is 10.6 Å². The summed E-state index contributed by atoms with van der Waals surface area (Å²) in [5, 5.41) is 7.86. The van der Waals surface area contributed by atoms with Gasteiger partial charge in [0.1, 0.15) is 6.54 Å². The van der Waals surface area contributed by atoms with Crippen molar-refractivity contribution in [1.29, 1.82) is 0 Å². The van der Waals surface area contributed by atoms with Gasteiger partial charge in [-0.3, -0.25) is 4.79 Å². The molecule has 0 bridgehead atoms. The van der Waals surface area contributed by atoms with Gasteiger partial charge in [0.15, 0.2) is 5.96 Å². The fourth-order valence-corrected chi connectivity index (χ4v) is 4.43. The van der Waals surface area contributed by atoms with E-state index < -0.39 is 0 Å². The van der Waals surface area contributed by atoms with E-state index in [1.807, 2.05) is 11.3 Å². The Morgan fingerprint density at radius 3 is 2.82 bits per heavy atom. The minimum Gasteiger partial charge on any atom is -0.376 e. The number of halogens is 1. The number of hydrogen-bond donors (Lipinski definition) is 2. The minimum atomic E-state index is -0.0131. The topological polar surface area (TPSA) is 78.9 Å². The monoisotopic (exact) mass is 521 g/mol. The van der Waals surface area contributed by atoms with Crippen molar-refractivity contribution >= 4 is 47.2 Å². The van der Waals surface area contributed by atoms with Gasteiger partial charge in [0.2, 0.25) is 5.91 Å². The zero-order valence-corrected chi connectivity index (χ0v) is 20.0. The third kappa shape index (κ3) is 7.14. The number of likely N-dealkylation sites (N-methyl/N-ethyl adjacent to an activating group) is 1. The zero-order valence-electron chi connectivity index (χ0n) is 16.8. The number of aryl methyl sites for hydroxylation is 2. The molecule has 1 amide bonds. The fourth-order valence-electron chi connectivity index (χ4n) is 3.28. The average molecular weight is 521 g/mol. The number of guanidine groups is 1. The summed E-state index contributed by atoms with van der Waals surface area (Å²) in [6, 6.07) is 0. The molecular formula is C19H32IN5O2S. The van der Waals surface area contributed by atoms with Gasteiger partial charge >= 0.3 is 0 Å². The van der Waals surface area contributed by atoms with E-state index in [-0.39, 0.29) is 42.5 Å². The van der Waals surface area contributed by atoms with E-state index in [0.717, 1.165) is 38.8 Å². The SMILES string of the molecule is CN(C)C(=O)CN=C(NCCc1nc2c(s1)CCCC2)NCC1CCCO1.I. The molecule has 1 aliphatic heterocycles. The fraction of sp³-hybridized carbons (Fsp3) is 0.737. The van der Waals surface area contributed by atoms with Crippen molar-refractivity contribution in [2.24, 2.45) is 4.99 Å². The molecule has 0 radical (unpaired) electrons. The Morgan fingerprint density at radius 1 is 1.29 bits per heavy atom. The molecular weight excluding hydrogens is 489 g/mol. The first kappa shape index (κ1) is 23.3. The lowest BCUT2D eigenvalue weighted by Crippen LogP contribution is -2.42. The normalized spacial score (nSPS) is 18.9. The molecule has 0 aromatic carbocycles. The number of carbonyl (C=O) groups is 1. The van der Waals surface area contributed by atoms with Gasteiger partial charge in [-0.2, -0.15) is 0 Å². The minimum absolute atomic E-state index is 0. The highest BCUT2D eigenvalue weighted by Crippen LogP contribution is 2.26. The molecule has 9 heteroatoms. The predicted molar refractivity (Wildman–Crippen MR) is 124 cm³/mol. The van der Waals surface area contributed by atoms with Gasteiger partial charge in [-0.25, -0.2) is 9.98 Å². The van der Waals surface area contributed by atoms with Crippen LogP contribution in [0.1, 0.15) is 41.3 Å². The smallest absolute Gasteiger partial charge is 0.243 e. The molecule has 1 saturated heterocycles. The predicted octanol–water partition coefficient (Wildman–Crippen LogP) is 1.98. The first-order valence-corrected chi connectivity index (χ1v) is 10.7. The first-order valence-electron chi connectivity index (χ1n) is 9.93. The molecule has 2 heterocycles. The molecule has 28 heavy (non-hydrogen) atoms. The highest BCUT2D eigenvalue weighted by atomic mass is 127. The summed E-state index contributed by atoms with van der Waals surface area (Å²) >= 11 is 1.85. The number of amides is 1. The molecule has 7 nitrogen and oxygen atoms in total. The molecule has 2 aliphatic rings. The van der Waals surface area contributed by atoms with Gasteiger partial charge in [0.25, 0.3) is 0 Å². The Morgan fingerprint density at radius 2 is 2.11 bits per heavy atom. The number of hydrogen-bond acceptors (Lipinski definition) is 5. The Balaban J connectivity index is 0.00000280. The number of aliphatic imine (C=N–C) groups is 1. The lowest BCUT2D eigenvalue weighted by molar-refractivity contribution is -0.127. The molecule has 1 aromatic heterocycles. The number of rotatable bonds is 7. The highest BCUT2D eigenvalue weighted by molar-refractivity contribution is 14.0. The second-order valence-electron chi connectivity index (χ2n) is 7.33. The van der Waals surface area contributed by atoms with Crippen molar-refractivity contribution in [2.75, 3.05) is 40.3 Å². The lowest BCUT2D eigenvalue weighted by Gasteiger charge is -2.16. The van der Waals surface area contributed by atoms with Crippen molar-refractivity contribution in [3.63, 3.8) is 0 Å². The quantitative estimate of drug-likeness (QED) is 0.326. The number of carbonyl (C=O) groups excluding carboxylic acids is 1. The summed E-state index contributed by atoms with van der Waals surface area (Å²) < 4.78 is 5.66. The van der Waals surface area contributed by atoms with Crippen molar-refractivity contribution in [3.05, 3.63) is 15.6 Å². The van der Waals surface area contributed by atoms with Gasteiger partial charge in [-0.1, -0.05) is 0 Å². The molecule has 0 spiro atoms. The van der Waals surface area contributed by atoms with Crippen molar-refractivity contribution in [3.8, 4) is 0 Å². The van der Waals surface area contributed by atoms with Crippen LogP contribution in [-0.2, 0) is 28.8 Å². The van der Waals surface area contributed by atoms with E-state index in [1.165, 1.54) is 34.8 Å². The Kier molecular flexibility index (Phi) is 9.93. The first-order chi connectivity index (χ1) is 13.1. The van der Waals surface area contributed by atoms with E-state index in [4.69, 9.17) is 9.72 Å². The van der Waals surface area contributed by atoms with Crippen LogP contribution in [0, 0.1) is 0 Å². The van der Waals surface area contributed by atoms with Crippen LogP contribution in [0.25, 0.3) is 0 Å². The van der Waals surface area contributed by atoms with Crippen LogP contribution in [0.2, 0.25) is 0 Å². The summed E-state index contributed by atoms with van der Waals surface area (Å²) in [5.74, 6) is 0.655. The van der Waals surface area contributed by atoms with E-state index in [9.17, 15) is 4.79 Å². The summed E-state index contributed by atoms with van der Waals surface area (Å²) in [7, 11) is 3.49. The standard InChI is InChI=1S/C19H31N5O2S.HI/c1-24(2)18(25)13-22-19(21-12-14-6-5-11-26-14)20-10-9-17-23-15-7-3-4-8-16(15)27-17;/h14H,3-13H2,1-2H3,(H2,20,21,22);1H. The summed E-state index contributed by atoms with van der Waals surface area (Å²) in [5.41, 5.74) is 1.31. The average Bonchev–Trinajstić information content (AvgIpc) is 3.32. The van der Waals surface area contributed by atoms with E-state index in [1.54, 1.807) is 19.0 Å². The number of thiazole rings is 1. The van der Waals surface area contributed by atoms with Gasteiger partial charge in [0, 0.05) is 45.1 Å². The molecule has 158 valence electrons. The van der Waals surface area contributed by atoms with Crippen LogP contribution in [0.5, 0.6) is 0 Å². The second-order valence-corrected chi connectivity index (χ2v) is 8.50. The molecule has 1 atom stereocenters. The third-order valence-electron chi connectivity index (χ3n) is 4.91. The van der Waals surface area contributed by atoms with Crippen molar-refractivity contribution in [1.82, 2.24) is 20.5 Å². The Hall–Kier alpha value is -0.940. The van der Waals surface area contributed by atoms with E-state index in [0.29, 0.717) is 12.5 Å². The van der Waals surface area contributed by atoms with Gasteiger partial charge in [-0.05, 0) is 38.5 Å². The Labute approximate surface area is 188 Å². The number of nitrogens with one attached hydrogen (secondary N) is 2. The highest BCUT2D eigenvalue weighted by Gasteiger charge is 2.17. The molecule has 0 saturated carbocycles. The van der Waals surface area contributed by atoms with Gasteiger partial charge in [-0.15, -0.1) is 35.3 Å². The van der Waals surface area contributed by atoms with Gasteiger partial charge < -0.3 is 20.3 Å². The van der Waals surface area contributed by atoms with Crippen molar-refractivity contribution < 1.29 is 9.53 Å². The summed E-state index contributed by atoms with van der Waals surface area (Å²) in [6.45, 7) is 2.44. The van der Waals surface area contributed by atoms with Crippen molar-refractivity contribution in [2.45, 2.75) is 51.0 Å². The second kappa shape index (κ2) is 11.9. The van der Waals surface area contributed by atoms with Crippen LogP contribution in [0.3, 0.4) is 0 Å². The van der Waals surface area contributed by atoms with Crippen LogP contribution >= 0.6 is 35.3 Å². The van der Waals surface area contributed by atoms with Gasteiger partial charge in [0.05, 0.1) is 16.8 Å². The molecule has 1 aliphatic carbocycles. The van der Waals surface area contributed by atoms with Crippen LogP contribution in [0.4, 0.5) is 0 Å². The maximum Gasteiger partial charge on any atom is 0.243 e. The van der Waals surface area contributed by atoms with E-state index in [2.05, 4.69) is 15.6 Å². The molecule has 1 aromatic rings. The maximum atomic E-state index is 11.8. The van der Waals surface area contributed by atoms with E-state index >= 15 is 0 Å².